The smallest absolute Gasteiger partial charge is 0.220 e. The summed E-state index contributed by atoms with van der Waals surface area (Å²) in [6.45, 7) is 0. The topological polar surface area (TPSA) is 67.2 Å². The molecule has 0 spiro atoms. The van der Waals surface area contributed by atoms with Crippen LogP contribution in [0.25, 0.3) is 0 Å². The van der Waals surface area contributed by atoms with Gasteiger partial charge in [0.05, 0.1) is 0 Å². The Bertz CT molecular complexity index is 499. The highest BCUT2D eigenvalue weighted by Crippen LogP contribution is 2.24. The summed E-state index contributed by atoms with van der Waals surface area (Å²) in [6, 6.07) is 3.04. The molecule has 0 aliphatic heterocycles. The number of halogens is 1. The number of aryl methyl sites for hydroxylation is 1. The van der Waals surface area contributed by atoms with Crippen LogP contribution in [0.5, 0.6) is 0 Å². The Morgan fingerprint density at radius 2 is 2.00 bits per heavy atom. The summed E-state index contributed by atoms with van der Waals surface area (Å²) in [4.78, 5) is 12.0. The number of hydrogen-bond acceptors (Lipinski definition) is 4. The zero-order valence-electron chi connectivity index (χ0n) is 12.8. The van der Waals surface area contributed by atoms with Crippen molar-refractivity contribution in [3.05, 3.63) is 17.0 Å². The second-order valence-electron chi connectivity index (χ2n) is 6.48. The van der Waals surface area contributed by atoms with Gasteiger partial charge in [-0.3, -0.25) is 4.79 Å². The Hall–Kier alpha value is -1.07. The quantitative estimate of drug-likeness (QED) is 0.844. The average Bonchev–Trinajstić information content (AvgIpc) is 2.94. The van der Waals surface area contributed by atoms with E-state index in [1.165, 1.54) is 38.5 Å². The summed E-state index contributed by atoms with van der Waals surface area (Å²) in [5.74, 6) is 0.735. The predicted octanol–water partition coefficient (Wildman–Crippen LogP) is 2.83. The largest absolute Gasteiger partial charge is 0.360 e. The van der Waals surface area contributed by atoms with Crippen LogP contribution >= 0.6 is 11.6 Å². The van der Waals surface area contributed by atoms with E-state index in [-0.39, 0.29) is 11.9 Å². The first-order valence-corrected chi connectivity index (χ1v) is 8.75. The van der Waals surface area contributed by atoms with E-state index in [0.29, 0.717) is 35.8 Å². The van der Waals surface area contributed by atoms with Crippen LogP contribution in [0, 0.1) is 0 Å². The van der Waals surface area contributed by atoms with Gasteiger partial charge < -0.3 is 15.2 Å². The van der Waals surface area contributed by atoms with Crippen molar-refractivity contribution in [1.29, 1.82) is 0 Å². The molecule has 0 saturated heterocycles. The molecule has 22 heavy (non-hydrogen) atoms. The van der Waals surface area contributed by atoms with Crippen molar-refractivity contribution in [3.63, 3.8) is 0 Å². The van der Waals surface area contributed by atoms with E-state index < -0.39 is 0 Å². The van der Waals surface area contributed by atoms with Crippen molar-refractivity contribution in [2.24, 2.45) is 0 Å². The normalized spacial score (nSPS) is 25.7. The molecule has 6 heteroatoms. The molecule has 0 bridgehead atoms. The summed E-state index contributed by atoms with van der Waals surface area (Å²) in [5, 5.41) is 10.8. The lowest BCUT2D eigenvalue weighted by atomic mass is 9.84. The third-order valence-electron chi connectivity index (χ3n) is 4.80. The van der Waals surface area contributed by atoms with E-state index in [4.69, 9.17) is 16.1 Å². The maximum absolute atomic E-state index is 12.0. The van der Waals surface area contributed by atoms with Gasteiger partial charge in [0, 0.05) is 37.0 Å². The molecule has 2 N–H and O–H groups in total. The van der Waals surface area contributed by atoms with Gasteiger partial charge in [-0.2, -0.15) is 0 Å². The molecule has 5 nitrogen and oxygen atoms in total. The monoisotopic (exact) mass is 325 g/mol. The molecule has 2 saturated carbocycles. The van der Waals surface area contributed by atoms with E-state index in [1.54, 1.807) is 6.07 Å². The second-order valence-corrected chi connectivity index (χ2v) is 6.86. The molecule has 1 aromatic rings. The Morgan fingerprint density at radius 1 is 1.23 bits per heavy atom. The minimum atomic E-state index is 0.0765. The third kappa shape index (κ3) is 4.23. The van der Waals surface area contributed by atoms with Gasteiger partial charge in [-0.05, 0) is 25.7 Å². The standard InChI is InChI=1S/C16H24ClN3O2/c17-15-10-12(22-20-15)6-9-16(21)19-14-8-7-13(14)18-11-4-2-1-3-5-11/h10-11,13-14,18H,1-9H2,(H,19,21)/t13-,14+/m0/s1. The summed E-state index contributed by atoms with van der Waals surface area (Å²) in [5.41, 5.74) is 0. The van der Waals surface area contributed by atoms with Crippen LogP contribution < -0.4 is 10.6 Å². The lowest BCUT2D eigenvalue weighted by Gasteiger charge is -2.41. The van der Waals surface area contributed by atoms with Crippen LogP contribution in [0.2, 0.25) is 5.15 Å². The third-order valence-corrected chi connectivity index (χ3v) is 4.98. The highest BCUT2D eigenvalue weighted by Gasteiger charge is 2.33. The van der Waals surface area contributed by atoms with Crippen molar-refractivity contribution in [2.75, 3.05) is 0 Å². The predicted molar refractivity (Wildman–Crippen MR) is 84.8 cm³/mol. The van der Waals surface area contributed by atoms with Crippen LogP contribution in [0.15, 0.2) is 10.6 Å². The van der Waals surface area contributed by atoms with Crippen molar-refractivity contribution >= 4 is 17.5 Å². The average molecular weight is 326 g/mol. The Morgan fingerprint density at radius 3 is 2.64 bits per heavy atom. The molecule has 2 aliphatic rings. The molecule has 122 valence electrons. The minimum Gasteiger partial charge on any atom is -0.360 e. The molecule has 0 radical (unpaired) electrons. The molecular formula is C16H24ClN3O2. The fourth-order valence-electron chi connectivity index (χ4n) is 3.37. The summed E-state index contributed by atoms with van der Waals surface area (Å²) in [6.07, 6.45) is 9.80. The van der Waals surface area contributed by atoms with Gasteiger partial charge in [-0.1, -0.05) is 36.0 Å². The van der Waals surface area contributed by atoms with Crippen LogP contribution in [0.1, 0.15) is 57.1 Å². The Labute approximate surface area is 136 Å². The van der Waals surface area contributed by atoms with Crippen LogP contribution in [-0.4, -0.2) is 29.2 Å². The first-order valence-electron chi connectivity index (χ1n) is 8.37. The summed E-state index contributed by atoms with van der Waals surface area (Å²) in [7, 11) is 0. The lowest BCUT2D eigenvalue weighted by Crippen LogP contribution is -2.59. The molecule has 0 aromatic carbocycles. The fourth-order valence-corrected chi connectivity index (χ4v) is 3.52. The summed E-state index contributed by atoms with van der Waals surface area (Å²) >= 11 is 5.69. The SMILES string of the molecule is O=C(CCc1cc(Cl)no1)N[C@@H]1CC[C@@H]1NC1CCCCC1. The van der Waals surface area contributed by atoms with Crippen molar-refractivity contribution in [2.45, 2.75) is 75.9 Å². The Kier molecular flexibility index (Phi) is 5.37. The van der Waals surface area contributed by atoms with Gasteiger partial charge in [0.25, 0.3) is 0 Å². The van der Waals surface area contributed by atoms with Crippen LogP contribution in [0.3, 0.4) is 0 Å². The number of carbonyl (C=O) groups is 1. The van der Waals surface area contributed by atoms with Gasteiger partial charge >= 0.3 is 0 Å². The first kappa shape index (κ1) is 15.8. The van der Waals surface area contributed by atoms with Crippen molar-refractivity contribution in [1.82, 2.24) is 15.8 Å². The molecule has 1 amide bonds. The van der Waals surface area contributed by atoms with Gasteiger partial charge in [0.15, 0.2) is 5.15 Å². The van der Waals surface area contributed by atoms with Crippen molar-refractivity contribution < 1.29 is 9.32 Å². The maximum Gasteiger partial charge on any atom is 0.220 e. The second kappa shape index (κ2) is 7.47. The van der Waals surface area contributed by atoms with Crippen molar-refractivity contribution in [3.8, 4) is 0 Å². The van der Waals surface area contributed by atoms with Crippen LogP contribution in [-0.2, 0) is 11.2 Å². The number of hydrogen-bond donors (Lipinski definition) is 2. The lowest BCUT2D eigenvalue weighted by molar-refractivity contribution is -0.122. The summed E-state index contributed by atoms with van der Waals surface area (Å²) < 4.78 is 5.01. The number of carbonyl (C=O) groups excluding carboxylic acids is 1. The minimum absolute atomic E-state index is 0.0765. The number of aromatic nitrogens is 1. The number of amides is 1. The van der Waals surface area contributed by atoms with Gasteiger partial charge in [-0.15, -0.1) is 0 Å². The molecule has 1 aromatic heterocycles. The van der Waals surface area contributed by atoms with E-state index in [9.17, 15) is 4.79 Å². The van der Waals surface area contributed by atoms with Gasteiger partial charge in [0.2, 0.25) is 5.91 Å². The highest BCUT2D eigenvalue weighted by atomic mass is 35.5. The molecule has 1 heterocycles. The van der Waals surface area contributed by atoms with E-state index >= 15 is 0 Å². The van der Waals surface area contributed by atoms with E-state index in [0.717, 1.165) is 6.42 Å². The molecular weight excluding hydrogens is 302 g/mol. The molecule has 2 atom stereocenters. The maximum atomic E-state index is 12.0. The first-order chi connectivity index (χ1) is 10.7. The van der Waals surface area contributed by atoms with Gasteiger partial charge in [-0.25, -0.2) is 0 Å². The highest BCUT2D eigenvalue weighted by molar-refractivity contribution is 6.29. The van der Waals surface area contributed by atoms with E-state index in [1.807, 2.05) is 0 Å². The molecule has 2 aliphatic carbocycles. The molecule has 3 rings (SSSR count). The molecule has 0 unspecified atom stereocenters. The van der Waals surface area contributed by atoms with Crippen LogP contribution in [0.4, 0.5) is 0 Å². The zero-order valence-corrected chi connectivity index (χ0v) is 13.6. The number of rotatable bonds is 6. The fraction of sp³-hybridized carbons (Fsp3) is 0.750. The van der Waals surface area contributed by atoms with E-state index in [2.05, 4.69) is 15.8 Å². The Balaban J connectivity index is 1.37. The van der Waals surface area contributed by atoms with Gasteiger partial charge in [0.1, 0.15) is 5.76 Å². The molecule has 2 fully saturated rings. The number of nitrogens with one attached hydrogen (secondary N) is 2. The number of nitrogens with zero attached hydrogens (tertiary/aromatic N) is 1. The zero-order chi connectivity index (χ0) is 15.4.